The first kappa shape index (κ1) is 12.6. The maximum Gasteiger partial charge on any atom is 0.417 e. The second-order valence-corrected chi connectivity index (χ2v) is 4.65. The smallest absolute Gasteiger partial charge is 0.410 e. The number of carbonyl (C=O) groups excluding carboxylic acids is 1. The van der Waals surface area contributed by atoms with Crippen LogP contribution >= 0.6 is 15.9 Å². The molecular weight excluding hydrogens is 294 g/mol. The summed E-state index contributed by atoms with van der Waals surface area (Å²) >= 11 is 3.41. The van der Waals surface area contributed by atoms with Gasteiger partial charge in [-0.05, 0) is 36.8 Å². The third kappa shape index (κ3) is 3.34. The summed E-state index contributed by atoms with van der Waals surface area (Å²) in [5.74, 6) is 0.515. The Morgan fingerprint density at radius 3 is 2.56 bits per heavy atom. The Morgan fingerprint density at radius 2 is 1.89 bits per heavy atom. The van der Waals surface area contributed by atoms with Gasteiger partial charge in [0.1, 0.15) is 5.75 Å². The fourth-order valence-electron chi connectivity index (χ4n) is 1.41. The molecule has 1 amide bonds. The maximum atomic E-state index is 11.6. The van der Waals surface area contributed by atoms with Crippen LogP contribution in [0.2, 0.25) is 0 Å². The molecule has 18 heavy (non-hydrogen) atoms. The van der Waals surface area contributed by atoms with Crippen LogP contribution in [-0.4, -0.2) is 6.09 Å². The summed E-state index contributed by atoms with van der Waals surface area (Å²) < 4.78 is 6.07. The molecule has 0 bridgehead atoms. The molecule has 0 radical (unpaired) electrons. The number of benzene rings is 2. The lowest BCUT2D eigenvalue weighted by molar-refractivity contribution is 0.215. The lowest BCUT2D eigenvalue weighted by Crippen LogP contribution is -2.16. The van der Waals surface area contributed by atoms with Gasteiger partial charge in [0.05, 0.1) is 0 Å². The van der Waals surface area contributed by atoms with Crippen molar-refractivity contribution in [3.63, 3.8) is 0 Å². The van der Waals surface area contributed by atoms with Gasteiger partial charge in [0.15, 0.2) is 0 Å². The van der Waals surface area contributed by atoms with Crippen molar-refractivity contribution >= 4 is 27.7 Å². The Kier molecular flexibility index (Phi) is 3.99. The molecule has 2 aromatic carbocycles. The van der Waals surface area contributed by atoms with Crippen LogP contribution in [0.1, 0.15) is 5.56 Å². The van der Waals surface area contributed by atoms with Crippen LogP contribution in [0.25, 0.3) is 0 Å². The van der Waals surface area contributed by atoms with Gasteiger partial charge in [-0.25, -0.2) is 4.79 Å². The van der Waals surface area contributed by atoms with E-state index in [1.807, 2.05) is 43.3 Å². The molecule has 0 fully saturated rings. The molecule has 4 heteroatoms. The summed E-state index contributed by atoms with van der Waals surface area (Å²) in [6.07, 6.45) is -0.503. The normalized spacial score (nSPS) is 9.89. The van der Waals surface area contributed by atoms with Gasteiger partial charge >= 0.3 is 6.09 Å². The molecule has 1 N–H and O–H groups in total. The van der Waals surface area contributed by atoms with E-state index in [2.05, 4.69) is 21.2 Å². The van der Waals surface area contributed by atoms with E-state index >= 15 is 0 Å². The predicted octanol–water partition coefficient (Wildman–Crippen LogP) is 4.37. The summed E-state index contributed by atoms with van der Waals surface area (Å²) in [5.41, 5.74) is 1.80. The Bertz CT molecular complexity index is 555. The number of hydrogen-bond donors (Lipinski definition) is 1. The molecule has 92 valence electrons. The van der Waals surface area contributed by atoms with Crippen LogP contribution < -0.4 is 10.1 Å². The molecule has 0 aliphatic rings. The zero-order valence-corrected chi connectivity index (χ0v) is 11.4. The van der Waals surface area contributed by atoms with Gasteiger partial charge in [-0.2, -0.15) is 0 Å². The third-order valence-electron chi connectivity index (χ3n) is 2.37. The van der Waals surface area contributed by atoms with Gasteiger partial charge in [0, 0.05) is 10.2 Å². The zero-order chi connectivity index (χ0) is 13.0. The van der Waals surface area contributed by atoms with Crippen molar-refractivity contribution in [1.82, 2.24) is 0 Å². The van der Waals surface area contributed by atoms with Crippen LogP contribution in [0.3, 0.4) is 0 Å². The molecule has 3 nitrogen and oxygen atoms in total. The quantitative estimate of drug-likeness (QED) is 0.895. The minimum absolute atomic E-state index is 0.503. The second kappa shape index (κ2) is 5.69. The number of amides is 1. The molecule has 0 heterocycles. The van der Waals surface area contributed by atoms with E-state index < -0.39 is 6.09 Å². The average molecular weight is 306 g/mol. The van der Waals surface area contributed by atoms with Crippen molar-refractivity contribution in [2.24, 2.45) is 0 Å². The molecule has 0 saturated heterocycles. The van der Waals surface area contributed by atoms with E-state index in [9.17, 15) is 4.79 Å². The Balaban J connectivity index is 2.01. The average Bonchev–Trinajstić information content (AvgIpc) is 2.35. The van der Waals surface area contributed by atoms with Gasteiger partial charge in [0.2, 0.25) is 0 Å². The summed E-state index contributed by atoms with van der Waals surface area (Å²) in [4.78, 5) is 11.6. The summed E-state index contributed by atoms with van der Waals surface area (Å²) in [7, 11) is 0. The molecule has 0 aliphatic heterocycles. The number of carbonyl (C=O) groups is 1. The van der Waals surface area contributed by atoms with Crippen molar-refractivity contribution in [2.45, 2.75) is 6.92 Å². The van der Waals surface area contributed by atoms with Crippen molar-refractivity contribution in [2.75, 3.05) is 5.32 Å². The van der Waals surface area contributed by atoms with E-state index in [1.165, 1.54) is 0 Å². The molecule has 0 unspecified atom stereocenters. The lowest BCUT2D eigenvalue weighted by Gasteiger charge is -2.07. The third-order valence-corrected chi connectivity index (χ3v) is 3.23. The highest BCUT2D eigenvalue weighted by Gasteiger charge is 2.05. The van der Waals surface area contributed by atoms with Crippen LogP contribution in [0.4, 0.5) is 10.5 Å². The molecule has 0 aliphatic carbocycles. The highest BCUT2D eigenvalue weighted by molar-refractivity contribution is 9.10. The summed E-state index contributed by atoms with van der Waals surface area (Å²) in [6, 6.07) is 14.5. The number of nitrogens with one attached hydrogen (secondary N) is 1. The van der Waals surface area contributed by atoms with Crippen molar-refractivity contribution in [1.29, 1.82) is 0 Å². The number of aryl methyl sites for hydroxylation is 1. The Labute approximate surface area is 114 Å². The fraction of sp³-hybridized carbons (Fsp3) is 0.0714. The molecular formula is C14H12BrNO2. The number of rotatable bonds is 2. The largest absolute Gasteiger partial charge is 0.417 e. The zero-order valence-electron chi connectivity index (χ0n) is 9.81. The van der Waals surface area contributed by atoms with E-state index in [-0.39, 0.29) is 0 Å². The van der Waals surface area contributed by atoms with Crippen molar-refractivity contribution in [3.8, 4) is 5.75 Å². The number of halogens is 1. The first-order valence-electron chi connectivity index (χ1n) is 5.45. The first-order valence-corrected chi connectivity index (χ1v) is 6.24. The van der Waals surface area contributed by atoms with Gasteiger partial charge in [-0.3, -0.25) is 5.32 Å². The van der Waals surface area contributed by atoms with Crippen LogP contribution in [0.15, 0.2) is 53.0 Å². The molecule has 0 aromatic heterocycles. The first-order chi connectivity index (χ1) is 8.65. The second-order valence-electron chi connectivity index (χ2n) is 3.79. The number of hydrogen-bond acceptors (Lipinski definition) is 2. The van der Waals surface area contributed by atoms with Crippen molar-refractivity contribution < 1.29 is 9.53 Å². The van der Waals surface area contributed by atoms with E-state index in [4.69, 9.17) is 4.74 Å². The van der Waals surface area contributed by atoms with E-state index in [0.29, 0.717) is 11.4 Å². The predicted molar refractivity (Wildman–Crippen MR) is 75.0 cm³/mol. The van der Waals surface area contributed by atoms with Crippen LogP contribution in [0.5, 0.6) is 5.75 Å². The van der Waals surface area contributed by atoms with Crippen LogP contribution in [0, 0.1) is 6.92 Å². The maximum absolute atomic E-state index is 11.6. The lowest BCUT2D eigenvalue weighted by atomic mass is 10.2. The highest BCUT2D eigenvalue weighted by atomic mass is 79.9. The minimum atomic E-state index is -0.503. The topological polar surface area (TPSA) is 38.3 Å². The number of ether oxygens (including phenoxy) is 1. The monoisotopic (exact) mass is 305 g/mol. The fourth-order valence-corrected chi connectivity index (χ4v) is 1.79. The Hall–Kier alpha value is -1.81. The van der Waals surface area contributed by atoms with Crippen LogP contribution in [-0.2, 0) is 0 Å². The van der Waals surface area contributed by atoms with E-state index in [0.717, 1.165) is 10.0 Å². The van der Waals surface area contributed by atoms with E-state index in [1.54, 1.807) is 12.1 Å². The molecule has 2 rings (SSSR count). The summed E-state index contributed by atoms with van der Waals surface area (Å²) in [5, 5.41) is 2.67. The standard InChI is InChI=1S/C14H12BrNO2/c1-10-7-8-11(9-13(10)15)16-14(17)18-12-5-3-2-4-6-12/h2-9H,1H3,(H,16,17). The highest BCUT2D eigenvalue weighted by Crippen LogP contribution is 2.21. The van der Waals surface area contributed by atoms with Crippen molar-refractivity contribution in [3.05, 3.63) is 58.6 Å². The SMILES string of the molecule is Cc1ccc(NC(=O)Oc2ccccc2)cc1Br. The van der Waals surface area contributed by atoms with Gasteiger partial charge in [-0.1, -0.05) is 40.2 Å². The minimum Gasteiger partial charge on any atom is -0.410 e. The van der Waals surface area contributed by atoms with Gasteiger partial charge in [0.25, 0.3) is 0 Å². The molecule has 0 spiro atoms. The molecule has 0 atom stereocenters. The molecule has 0 saturated carbocycles. The Morgan fingerprint density at radius 1 is 1.17 bits per heavy atom. The molecule has 2 aromatic rings. The van der Waals surface area contributed by atoms with Gasteiger partial charge < -0.3 is 4.74 Å². The summed E-state index contributed by atoms with van der Waals surface area (Å²) in [6.45, 7) is 1.98. The number of anilines is 1. The number of para-hydroxylation sites is 1. The van der Waals surface area contributed by atoms with Gasteiger partial charge in [-0.15, -0.1) is 0 Å².